The Morgan fingerprint density at radius 3 is 1.58 bits per heavy atom. The molecule has 59 heavy (non-hydrogen) atoms. The monoisotopic (exact) mass is 872 g/mol. The second-order valence-electron chi connectivity index (χ2n) is 12.7. The predicted octanol–water partition coefficient (Wildman–Crippen LogP) is 6.13. The lowest BCUT2D eigenvalue weighted by atomic mass is 10.1. The first kappa shape index (κ1) is 49.7. The molecule has 0 aromatic carbocycles. The van der Waals surface area contributed by atoms with Gasteiger partial charge in [0.15, 0.2) is 0 Å². The van der Waals surface area contributed by atoms with Crippen molar-refractivity contribution in [3.05, 3.63) is 60.2 Å². The first-order valence-corrected chi connectivity index (χ1v) is 16.9. The first-order chi connectivity index (χ1) is 27.1. The van der Waals surface area contributed by atoms with Crippen molar-refractivity contribution < 1.29 is 92.3 Å². The fourth-order valence-electron chi connectivity index (χ4n) is 5.25. The lowest BCUT2D eigenvalue weighted by Crippen LogP contribution is -2.48. The van der Waals surface area contributed by atoms with Gasteiger partial charge in [-0.25, -0.2) is 24.2 Å². The molecule has 2 saturated heterocycles. The van der Waals surface area contributed by atoms with Crippen LogP contribution in [0, 0.1) is 5.92 Å². The number of piperazine rings is 1. The van der Waals surface area contributed by atoms with Crippen LogP contribution in [-0.4, -0.2) is 132 Å². The molecule has 14 nitrogen and oxygen atoms in total. The Bertz CT molecular complexity index is 1730. The van der Waals surface area contributed by atoms with Crippen LogP contribution in [0.1, 0.15) is 43.1 Å². The van der Waals surface area contributed by atoms with Crippen molar-refractivity contribution in [2.45, 2.75) is 63.0 Å². The topological polar surface area (TPSA) is 189 Å². The smallest absolute Gasteiger partial charge is 0.475 e. The molecule has 3 aromatic rings. The number of hydrogen-bond donors (Lipinski definition) is 4. The van der Waals surface area contributed by atoms with Crippen molar-refractivity contribution in [1.82, 2.24) is 24.2 Å². The summed E-state index contributed by atoms with van der Waals surface area (Å²) in [5, 5.41) is 28.5. The normalized spacial score (nSPS) is 17.5. The predicted molar refractivity (Wildman–Crippen MR) is 178 cm³/mol. The molecule has 1 aliphatic carbocycles. The van der Waals surface area contributed by atoms with E-state index < -0.39 is 48.6 Å². The average Bonchev–Trinajstić information content (AvgIpc) is 3.57. The molecule has 3 aliphatic rings. The molecule has 1 saturated carbocycles. The molecule has 6 rings (SSSR count). The quantitative estimate of drug-likeness (QED) is 0.207. The third-order valence-electron chi connectivity index (χ3n) is 8.11. The van der Waals surface area contributed by atoms with Crippen LogP contribution in [0.5, 0.6) is 0 Å². The third kappa shape index (κ3) is 17.6. The summed E-state index contributed by atoms with van der Waals surface area (Å²) in [6.45, 7) is 7.68. The SMILES string of the molecule is O=C(O)C(F)(F)F.O=C(O)C(F)(F)F.O=C(O)C(F)(F)F.O=C(O)C(F)(F)F.c1ccc(CN2CCN(CC3CC3)C(c3cn4c(N5CCCC5)cccc4n3)C2)nc1. The minimum Gasteiger partial charge on any atom is -0.475 e. The maximum Gasteiger partial charge on any atom is 0.490 e. The molecule has 4 N–H and O–H groups in total. The zero-order valence-corrected chi connectivity index (χ0v) is 30.2. The number of anilines is 1. The summed E-state index contributed by atoms with van der Waals surface area (Å²) < 4.78 is 129. The van der Waals surface area contributed by atoms with Gasteiger partial charge in [-0.1, -0.05) is 12.1 Å². The van der Waals surface area contributed by atoms with Gasteiger partial charge in [-0.2, -0.15) is 52.7 Å². The van der Waals surface area contributed by atoms with Crippen molar-refractivity contribution in [1.29, 1.82) is 0 Å². The van der Waals surface area contributed by atoms with Gasteiger partial charge < -0.3 is 25.3 Å². The molecule has 0 amide bonds. The van der Waals surface area contributed by atoms with Gasteiger partial charge in [-0.15, -0.1) is 0 Å². The lowest BCUT2D eigenvalue weighted by Gasteiger charge is -2.40. The van der Waals surface area contributed by atoms with Gasteiger partial charge in [0.05, 0.1) is 17.4 Å². The van der Waals surface area contributed by atoms with Gasteiger partial charge in [0.1, 0.15) is 11.5 Å². The Morgan fingerprint density at radius 2 is 1.15 bits per heavy atom. The summed E-state index contributed by atoms with van der Waals surface area (Å²) in [7, 11) is 0. The summed E-state index contributed by atoms with van der Waals surface area (Å²) in [5.74, 6) is -8.84. The zero-order chi connectivity index (χ0) is 44.9. The number of aromatic nitrogens is 3. The number of carboxylic acid groups (broad SMARTS) is 4. The number of halogens is 12. The fraction of sp³-hybridized carbons (Fsp3) is 0.515. The number of aliphatic carboxylic acids is 4. The Morgan fingerprint density at radius 1 is 0.661 bits per heavy atom. The zero-order valence-electron chi connectivity index (χ0n) is 30.2. The van der Waals surface area contributed by atoms with Crippen LogP contribution < -0.4 is 4.90 Å². The number of hydrogen-bond acceptors (Lipinski definition) is 9. The minimum absolute atomic E-state index is 0.351. The standard InChI is InChI=1S/C25H32N6.4C2HF3O2/c1-2-11-26-21(6-1)17-28-14-15-30(16-20-9-10-20)23(19-28)22-18-31-24(27-22)7-5-8-25(31)29-12-3-4-13-29;4*3-2(4,5)1(6)7/h1-2,5-8,11,18,20,23H,3-4,9-10,12-17,19H2;4*(H,6,7). The van der Waals surface area contributed by atoms with Gasteiger partial charge >= 0.3 is 48.6 Å². The van der Waals surface area contributed by atoms with Crippen molar-refractivity contribution in [3.8, 4) is 0 Å². The van der Waals surface area contributed by atoms with Crippen LogP contribution in [0.3, 0.4) is 0 Å². The van der Waals surface area contributed by atoms with E-state index in [0.717, 1.165) is 56.5 Å². The van der Waals surface area contributed by atoms with E-state index >= 15 is 0 Å². The number of fused-ring (bicyclic) bond motifs is 1. The van der Waals surface area contributed by atoms with E-state index in [9.17, 15) is 52.7 Å². The van der Waals surface area contributed by atoms with E-state index in [1.165, 1.54) is 43.7 Å². The van der Waals surface area contributed by atoms with E-state index in [0.29, 0.717) is 6.04 Å². The molecular formula is C33H36F12N6O8. The number of rotatable bonds is 6. The summed E-state index contributed by atoms with van der Waals surface area (Å²) in [4.78, 5) is 53.0. The Hall–Kier alpha value is -5.40. The van der Waals surface area contributed by atoms with E-state index in [2.05, 4.69) is 60.6 Å². The molecular weight excluding hydrogens is 836 g/mol. The molecule has 1 unspecified atom stereocenters. The van der Waals surface area contributed by atoms with Crippen molar-refractivity contribution in [2.75, 3.05) is 44.2 Å². The van der Waals surface area contributed by atoms with Gasteiger partial charge in [-0.05, 0) is 55.9 Å². The van der Waals surface area contributed by atoms with Crippen LogP contribution in [0.4, 0.5) is 58.5 Å². The average molecular weight is 873 g/mol. The molecule has 5 heterocycles. The molecule has 1 atom stereocenters. The number of nitrogens with zero attached hydrogens (tertiary/aromatic N) is 6. The number of alkyl halides is 12. The summed E-state index contributed by atoms with van der Waals surface area (Å²) in [6, 6.07) is 13.1. The molecule has 26 heteroatoms. The summed E-state index contributed by atoms with van der Waals surface area (Å²) in [6.07, 6.45) is -10.7. The van der Waals surface area contributed by atoms with Crippen LogP contribution in [0.2, 0.25) is 0 Å². The lowest BCUT2D eigenvalue weighted by molar-refractivity contribution is -0.193. The van der Waals surface area contributed by atoms with Crippen LogP contribution in [0.15, 0.2) is 48.8 Å². The van der Waals surface area contributed by atoms with Crippen LogP contribution in [-0.2, 0) is 25.7 Å². The molecule has 0 bridgehead atoms. The van der Waals surface area contributed by atoms with Crippen molar-refractivity contribution in [2.24, 2.45) is 5.92 Å². The highest BCUT2D eigenvalue weighted by Gasteiger charge is 2.40. The molecule has 2 aliphatic heterocycles. The highest BCUT2D eigenvalue weighted by Crippen LogP contribution is 2.35. The number of imidazole rings is 1. The first-order valence-electron chi connectivity index (χ1n) is 16.9. The van der Waals surface area contributed by atoms with Crippen LogP contribution in [0.25, 0.3) is 5.65 Å². The number of carboxylic acids is 4. The largest absolute Gasteiger partial charge is 0.490 e. The molecule has 3 fully saturated rings. The van der Waals surface area contributed by atoms with Crippen molar-refractivity contribution in [3.63, 3.8) is 0 Å². The minimum atomic E-state index is -5.08. The second kappa shape index (κ2) is 21.0. The molecule has 0 radical (unpaired) electrons. The van der Waals surface area contributed by atoms with E-state index in [1.54, 1.807) is 0 Å². The maximum atomic E-state index is 10.6. The van der Waals surface area contributed by atoms with Crippen molar-refractivity contribution >= 4 is 35.3 Å². The Kier molecular flexibility index (Phi) is 17.7. The van der Waals surface area contributed by atoms with Crippen LogP contribution >= 0.6 is 0 Å². The third-order valence-corrected chi connectivity index (χ3v) is 8.11. The van der Waals surface area contributed by atoms with Gasteiger partial charge in [-0.3, -0.25) is 19.2 Å². The fourth-order valence-corrected chi connectivity index (χ4v) is 5.25. The highest BCUT2D eigenvalue weighted by atomic mass is 19.4. The van der Waals surface area contributed by atoms with E-state index in [4.69, 9.17) is 44.6 Å². The number of pyridine rings is 2. The van der Waals surface area contributed by atoms with E-state index in [-0.39, 0.29) is 0 Å². The Labute approximate surface area is 325 Å². The number of carbonyl (C=O) groups is 4. The highest BCUT2D eigenvalue weighted by molar-refractivity contribution is 5.74. The summed E-state index contributed by atoms with van der Waals surface area (Å²) in [5.41, 5.74) is 3.45. The molecule has 0 spiro atoms. The maximum absolute atomic E-state index is 10.6. The Balaban J connectivity index is 0.000000349. The molecule has 330 valence electrons. The van der Waals surface area contributed by atoms with E-state index in [1.807, 2.05) is 12.3 Å². The summed E-state index contributed by atoms with van der Waals surface area (Å²) >= 11 is 0. The van der Waals surface area contributed by atoms with Gasteiger partial charge in [0.2, 0.25) is 0 Å². The van der Waals surface area contributed by atoms with Gasteiger partial charge in [0, 0.05) is 58.2 Å². The second-order valence-corrected chi connectivity index (χ2v) is 12.7. The van der Waals surface area contributed by atoms with Gasteiger partial charge in [0.25, 0.3) is 0 Å². The molecule has 3 aromatic heterocycles.